The van der Waals surface area contributed by atoms with Gasteiger partial charge in [-0.25, -0.2) is 0 Å². The minimum atomic E-state index is 0.904. The van der Waals surface area contributed by atoms with Crippen LogP contribution in [0, 0.1) is 18.3 Å². The molecule has 0 nitrogen and oxygen atoms in total. The van der Waals surface area contributed by atoms with Crippen molar-refractivity contribution in [1.29, 1.82) is 0 Å². The van der Waals surface area contributed by atoms with E-state index in [1.807, 2.05) is 0 Å². The van der Waals surface area contributed by atoms with Crippen molar-refractivity contribution < 1.29 is 14.8 Å². The van der Waals surface area contributed by atoms with E-state index >= 15 is 0 Å². The van der Waals surface area contributed by atoms with Crippen LogP contribution in [-0.2, 0) is 14.8 Å². The first-order valence-electron chi connectivity index (χ1n) is 4.39. The maximum atomic E-state index is 2.45. The van der Waals surface area contributed by atoms with E-state index in [0.717, 1.165) is 11.8 Å². The van der Waals surface area contributed by atoms with Crippen molar-refractivity contribution in [2.75, 3.05) is 0 Å². The fourth-order valence-electron chi connectivity index (χ4n) is 1.58. The molecule has 0 aromatic carbocycles. The standard InChI is InChI=1S/C9H17.HI.Zn/c1-8(2)9-6-4-3-5-7-9;;/h4,8-9H,3,5-7H2,1-2H3;1H;/q-1;;+2/p-1. The minimum absolute atomic E-state index is 0.904. The maximum absolute atomic E-state index is 2.45. The van der Waals surface area contributed by atoms with E-state index in [2.05, 4.69) is 40.0 Å². The molecule has 0 heterocycles. The fraction of sp³-hybridized carbons (Fsp3) is 0.889. The number of hydrogen-bond acceptors (Lipinski definition) is 0. The topological polar surface area (TPSA) is 0 Å². The first-order valence-corrected chi connectivity index (χ1v) is 13.4. The van der Waals surface area contributed by atoms with Gasteiger partial charge in [0.15, 0.2) is 0 Å². The van der Waals surface area contributed by atoms with Gasteiger partial charge in [-0.1, -0.05) is 32.6 Å². The Morgan fingerprint density at radius 2 is 2.09 bits per heavy atom. The molecule has 0 bridgehead atoms. The molecule has 11 heavy (non-hydrogen) atoms. The van der Waals surface area contributed by atoms with E-state index < -0.39 is 0 Å². The third kappa shape index (κ3) is 5.57. The molecule has 1 unspecified atom stereocenters. The Bertz CT molecular complexity index is 77.6. The first kappa shape index (κ1) is 12.4. The molecule has 1 rings (SSSR count). The van der Waals surface area contributed by atoms with Crippen molar-refractivity contribution in [2.45, 2.75) is 39.5 Å². The van der Waals surface area contributed by atoms with E-state index in [-0.39, 0.29) is 0 Å². The van der Waals surface area contributed by atoms with Gasteiger partial charge in [0, 0.05) is 0 Å². The SMILES string of the molecule is CC(C)C1C[CH-]CCC1.[Zn+][I]. The van der Waals surface area contributed by atoms with Crippen LogP contribution in [0.15, 0.2) is 0 Å². The molecule has 1 aliphatic carbocycles. The van der Waals surface area contributed by atoms with Gasteiger partial charge in [-0.15, -0.1) is 0 Å². The Balaban J connectivity index is 0.000000461. The number of hydrogen-bond donors (Lipinski definition) is 0. The van der Waals surface area contributed by atoms with E-state index in [4.69, 9.17) is 0 Å². The van der Waals surface area contributed by atoms with Crippen LogP contribution in [0.3, 0.4) is 0 Å². The zero-order valence-electron chi connectivity index (χ0n) is 7.65. The molecule has 62 valence electrons. The Hall–Kier alpha value is 1.35. The fourth-order valence-corrected chi connectivity index (χ4v) is 1.58. The molecule has 1 fully saturated rings. The third-order valence-electron chi connectivity index (χ3n) is 2.40. The van der Waals surface area contributed by atoms with Crippen molar-refractivity contribution in [3.8, 4) is 0 Å². The summed E-state index contributed by atoms with van der Waals surface area (Å²) in [5, 5.41) is 0. The van der Waals surface area contributed by atoms with Crippen LogP contribution in [0.2, 0.25) is 0 Å². The molecule has 0 spiro atoms. The summed E-state index contributed by atoms with van der Waals surface area (Å²) >= 11 is 3.62. The Labute approximate surface area is 91.8 Å². The number of halogens is 1. The van der Waals surface area contributed by atoms with Crippen molar-refractivity contribution in [3.05, 3.63) is 6.42 Å². The zero-order valence-corrected chi connectivity index (χ0v) is 12.8. The van der Waals surface area contributed by atoms with Crippen molar-refractivity contribution >= 4 is 19.8 Å². The van der Waals surface area contributed by atoms with Gasteiger partial charge >= 0.3 is 34.5 Å². The van der Waals surface area contributed by atoms with E-state index in [0.29, 0.717) is 0 Å². The summed E-state index contributed by atoms with van der Waals surface area (Å²) in [6.07, 6.45) is 8.09. The molecule has 1 aliphatic rings. The summed E-state index contributed by atoms with van der Waals surface area (Å²) in [5.41, 5.74) is 0. The molecular formula is C9H17IZn. The van der Waals surface area contributed by atoms with Crippen LogP contribution in [0.1, 0.15) is 39.5 Å². The summed E-state index contributed by atoms with van der Waals surface area (Å²) in [5.74, 6) is 1.90. The molecule has 1 saturated carbocycles. The Kier molecular flexibility index (Phi) is 8.96. The molecule has 0 aliphatic heterocycles. The first-order chi connectivity index (χ1) is 5.30. The van der Waals surface area contributed by atoms with Crippen LogP contribution in [0.25, 0.3) is 0 Å². The quantitative estimate of drug-likeness (QED) is 0.391. The molecule has 0 aromatic heterocycles. The molecule has 0 saturated heterocycles. The molecule has 0 amide bonds. The van der Waals surface area contributed by atoms with Crippen LogP contribution >= 0.6 is 19.8 Å². The molecule has 0 aromatic rings. The molecule has 1 atom stereocenters. The predicted molar refractivity (Wildman–Crippen MR) is 55.1 cm³/mol. The normalized spacial score (nSPS) is 24.4. The van der Waals surface area contributed by atoms with Gasteiger partial charge in [-0.3, -0.25) is 0 Å². The molecule has 0 N–H and O–H groups in total. The summed E-state index contributed by atoms with van der Waals surface area (Å²) < 4.78 is 0. The molecule has 2 heteroatoms. The second-order valence-electron chi connectivity index (χ2n) is 3.46. The second-order valence-corrected chi connectivity index (χ2v) is 3.46. The van der Waals surface area contributed by atoms with Crippen LogP contribution in [-0.4, -0.2) is 0 Å². The number of rotatable bonds is 1. The van der Waals surface area contributed by atoms with Gasteiger partial charge in [-0.05, 0) is 5.92 Å². The van der Waals surface area contributed by atoms with Gasteiger partial charge in [0.1, 0.15) is 0 Å². The average Bonchev–Trinajstić information content (AvgIpc) is 2.10. The van der Waals surface area contributed by atoms with E-state index in [1.165, 1.54) is 40.5 Å². The van der Waals surface area contributed by atoms with Crippen molar-refractivity contribution in [2.24, 2.45) is 11.8 Å². The van der Waals surface area contributed by atoms with E-state index in [9.17, 15) is 0 Å². The second kappa shape index (κ2) is 7.97. The van der Waals surface area contributed by atoms with E-state index in [1.54, 1.807) is 0 Å². The predicted octanol–water partition coefficient (Wildman–Crippen LogP) is 3.92. The van der Waals surface area contributed by atoms with Crippen molar-refractivity contribution in [3.63, 3.8) is 0 Å². The van der Waals surface area contributed by atoms with Gasteiger partial charge in [0.25, 0.3) is 0 Å². The average molecular weight is 318 g/mol. The Morgan fingerprint density at radius 3 is 2.36 bits per heavy atom. The summed E-state index contributed by atoms with van der Waals surface area (Å²) in [6.45, 7) is 4.67. The van der Waals surface area contributed by atoms with Crippen LogP contribution < -0.4 is 0 Å². The van der Waals surface area contributed by atoms with Gasteiger partial charge in [0.05, 0.1) is 0 Å². The van der Waals surface area contributed by atoms with Crippen LogP contribution in [0.4, 0.5) is 0 Å². The Morgan fingerprint density at radius 1 is 1.45 bits per heavy atom. The summed E-state index contributed by atoms with van der Waals surface area (Å²) in [4.78, 5) is 0. The molecule has 0 radical (unpaired) electrons. The van der Waals surface area contributed by atoms with Crippen LogP contribution in [0.5, 0.6) is 0 Å². The van der Waals surface area contributed by atoms with Crippen molar-refractivity contribution in [1.82, 2.24) is 0 Å². The third-order valence-corrected chi connectivity index (χ3v) is 2.40. The molecular weight excluding hydrogens is 300 g/mol. The summed E-state index contributed by atoms with van der Waals surface area (Å²) in [7, 11) is 0. The van der Waals surface area contributed by atoms with Gasteiger partial charge in [0.2, 0.25) is 0 Å². The monoisotopic (exact) mass is 316 g/mol. The van der Waals surface area contributed by atoms with Gasteiger partial charge < -0.3 is 6.42 Å². The van der Waals surface area contributed by atoms with Gasteiger partial charge in [-0.2, -0.15) is 12.8 Å². The summed E-state index contributed by atoms with van der Waals surface area (Å²) in [6, 6.07) is 0. The zero-order chi connectivity index (χ0) is 8.69.